The molecule has 138 valence electrons. The van der Waals surface area contributed by atoms with Crippen LogP contribution in [-0.4, -0.2) is 72.8 Å². The van der Waals surface area contributed by atoms with Crippen molar-refractivity contribution in [1.82, 2.24) is 13.5 Å². The number of hydrogen-bond acceptors (Lipinski definition) is 4. The summed E-state index contributed by atoms with van der Waals surface area (Å²) in [6, 6.07) is 7.13. The number of aromatic carboxylic acids is 1. The lowest BCUT2D eigenvalue weighted by atomic mass is 9.94. The molecule has 7 nitrogen and oxygen atoms in total. The average molecular weight is 367 g/mol. The standard InChI is InChI=1S/C17H25N3O4S/c1-18(2)25(23,24)20-11-14-5-8-16(12-20)19(10-14)9-13-3-6-15(7-4-13)17(21)22/h3-4,6-7,14,16H,5,8-12H2,1-2H3,(H,21,22)/t14-,16-/m0/s1. The number of nitrogens with zero attached hydrogens (tertiary/aromatic N) is 3. The van der Waals surface area contributed by atoms with E-state index in [1.807, 2.05) is 12.1 Å². The van der Waals surface area contributed by atoms with Crippen LogP contribution in [0.5, 0.6) is 0 Å². The molecule has 4 rings (SSSR count). The first kappa shape index (κ1) is 18.3. The second-order valence-corrected chi connectivity index (χ2v) is 9.28. The summed E-state index contributed by atoms with van der Waals surface area (Å²) in [7, 11) is -0.239. The maximum Gasteiger partial charge on any atom is 0.335 e. The second kappa shape index (κ2) is 7.03. The van der Waals surface area contributed by atoms with E-state index in [0.29, 0.717) is 19.0 Å². The Morgan fingerprint density at radius 2 is 1.84 bits per heavy atom. The monoisotopic (exact) mass is 367 g/mol. The zero-order chi connectivity index (χ0) is 18.2. The average Bonchev–Trinajstić information content (AvgIpc) is 2.87. The molecule has 0 saturated carbocycles. The molecule has 3 heterocycles. The van der Waals surface area contributed by atoms with Crippen LogP contribution in [0, 0.1) is 5.92 Å². The molecule has 3 aliphatic rings. The van der Waals surface area contributed by atoms with Gasteiger partial charge in [0, 0.05) is 46.3 Å². The van der Waals surface area contributed by atoms with E-state index < -0.39 is 16.2 Å². The number of rotatable bonds is 5. The molecule has 0 radical (unpaired) electrons. The molecule has 0 unspecified atom stereocenters. The van der Waals surface area contributed by atoms with Gasteiger partial charge in [0.2, 0.25) is 0 Å². The van der Waals surface area contributed by atoms with E-state index in [-0.39, 0.29) is 11.6 Å². The normalized spacial score (nSPS) is 25.2. The van der Waals surface area contributed by atoms with Gasteiger partial charge in [-0.1, -0.05) is 12.1 Å². The summed E-state index contributed by atoms with van der Waals surface area (Å²) >= 11 is 0. The number of carboxylic acid groups (broad SMARTS) is 1. The lowest BCUT2D eigenvalue weighted by molar-refractivity contribution is 0.0697. The van der Waals surface area contributed by atoms with E-state index in [1.165, 1.54) is 4.31 Å². The molecular formula is C17H25N3O4S. The second-order valence-electron chi connectivity index (χ2n) is 7.14. The van der Waals surface area contributed by atoms with Gasteiger partial charge in [-0.15, -0.1) is 0 Å². The fourth-order valence-corrected chi connectivity index (χ4v) is 4.96. The molecule has 3 fully saturated rings. The number of piperidine rings is 1. The number of benzene rings is 1. The highest BCUT2D eigenvalue weighted by Crippen LogP contribution is 2.30. The molecule has 1 aromatic carbocycles. The van der Waals surface area contributed by atoms with Gasteiger partial charge in [0.25, 0.3) is 10.2 Å². The van der Waals surface area contributed by atoms with Crippen molar-refractivity contribution in [2.24, 2.45) is 5.92 Å². The van der Waals surface area contributed by atoms with Crippen molar-refractivity contribution in [1.29, 1.82) is 0 Å². The third-order valence-electron chi connectivity index (χ3n) is 5.17. The Hall–Kier alpha value is -1.48. The van der Waals surface area contributed by atoms with Crippen molar-refractivity contribution in [3.63, 3.8) is 0 Å². The zero-order valence-electron chi connectivity index (χ0n) is 14.6. The first-order valence-corrected chi connectivity index (χ1v) is 9.91. The molecule has 3 aliphatic heterocycles. The highest BCUT2D eigenvalue weighted by atomic mass is 32.2. The summed E-state index contributed by atoms with van der Waals surface area (Å²) in [5.41, 5.74) is 1.34. The Balaban J connectivity index is 1.73. The van der Waals surface area contributed by atoms with Crippen molar-refractivity contribution in [3.8, 4) is 0 Å². The maximum absolute atomic E-state index is 12.5. The number of hydrogen-bond donors (Lipinski definition) is 1. The summed E-state index contributed by atoms with van der Waals surface area (Å²) in [4.78, 5) is 13.3. The fraction of sp³-hybridized carbons (Fsp3) is 0.588. The highest BCUT2D eigenvalue weighted by Gasteiger charge is 2.39. The van der Waals surface area contributed by atoms with Gasteiger partial charge in [-0.3, -0.25) is 4.90 Å². The number of carbonyl (C=O) groups is 1. The molecule has 2 bridgehead atoms. The van der Waals surface area contributed by atoms with Gasteiger partial charge in [-0.2, -0.15) is 17.0 Å². The molecular weight excluding hydrogens is 342 g/mol. The third-order valence-corrected chi connectivity index (χ3v) is 7.04. The maximum atomic E-state index is 12.5. The van der Waals surface area contributed by atoms with Crippen molar-refractivity contribution < 1.29 is 18.3 Å². The van der Waals surface area contributed by atoms with Crippen LogP contribution >= 0.6 is 0 Å². The van der Waals surface area contributed by atoms with Crippen molar-refractivity contribution in [3.05, 3.63) is 35.4 Å². The van der Waals surface area contributed by atoms with Crippen LogP contribution in [0.3, 0.4) is 0 Å². The lowest BCUT2D eigenvalue weighted by Crippen LogP contribution is -2.45. The molecule has 0 spiro atoms. The lowest BCUT2D eigenvalue weighted by Gasteiger charge is -2.36. The molecule has 0 aliphatic carbocycles. The molecule has 8 heteroatoms. The van der Waals surface area contributed by atoms with Crippen LogP contribution < -0.4 is 0 Å². The van der Waals surface area contributed by atoms with Crippen molar-refractivity contribution in [2.75, 3.05) is 33.7 Å². The Kier molecular flexibility index (Phi) is 5.15. The minimum absolute atomic E-state index is 0.202. The van der Waals surface area contributed by atoms with E-state index in [1.54, 1.807) is 30.5 Å². The van der Waals surface area contributed by atoms with Crippen LogP contribution in [0.2, 0.25) is 0 Å². The Morgan fingerprint density at radius 1 is 1.16 bits per heavy atom. The molecule has 3 saturated heterocycles. The first-order chi connectivity index (χ1) is 11.8. The predicted molar refractivity (Wildman–Crippen MR) is 94.5 cm³/mol. The molecule has 0 aromatic heterocycles. The van der Waals surface area contributed by atoms with Gasteiger partial charge in [-0.05, 0) is 36.5 Å². The first-order valence-electron chi connectivity index (χ1n) is 8.51. The molecule has 1 N–H and O–H groups in total. The van der Waals surface area contributed by atoms with Crippen LogP contribution in [0.15, 0.2) is 24.3 Å². The van der Waals surface area contributed by atoms with Gasteiger partial charge in [-0.25, -0.2) is 4.79 Å². The Labute approximate surface area is 149 Å². The largest absolute Gasteiger partial charge is 0.478 e. The minimum atomic E-state index is -3.39. The molecule has 0 amide bonds. The van der Waals surface area contributed by atoms with E-state index in [4.69, 9.17) is 5.11 Å². The van der Waals surface area contributed by atoms with Gasteiger partial charge in [0.15, 0.2) is 0 Å². The minimum Gasteiger partial charge on any atom is -0.478 e. The van der Waals surface area contributed by atoms with Gasteiger partial charge in [0.1, 0.15) is 0 Å². The number of carboxylic acids is 1. The van der Waals surface area contributed by atoms with Crippen LogP contribution in [-0.2, 0) is 16.8 Å². The van der Waals surface area contributed by atoms with Crippen LogP contribution in [0.4, 0.5) is 0 Å². The van der Waals surface area contributed by atoms with Gasteiger partial charge in [0.05, 0.1) is 5.56 Å². The smallest absolute Gasteiger partial charge is 0.335 e. The van der Waals surface area contributed by atoms with Crippen LogP contribution in [0.1, 0.15) is 28.8 Å². The Bertz CT molecular complexity index is 733. The summed E-state index contributed by atoms with van der Waals surface area (Å²) in [6.45, 7) is 2.69. The van der Waals surface area contributed by atoms with Crippen molar-refractivity contribution >= 4 is 16.2 Å². The quantitative estimate of drug-likeness (QED) is 0.842. The SMILES string of the molecule is CN(C)S(=O)(=O)N1C[C@H]2CC[C@@H](C1)N(Cc1ccc(C(=O)O)cc1)C2. The van der Waals surface area contributed by atoms with Gasteiger partial charge >= 0.3 is 5.97 Å². The topological polar surface area (TPSA) is 81.2 Å². The fourth-order valence-electron chi connectivity index (χ4n) is 3.74. The van der Waals surface area contributed by atoms with E-state index >= 15 is 0 Å². The predicted octanol–water partition coefficient (Wildman–Crippen LogP) is 1.09. The van der Waals surface area contributed by atoms with Gasteiger partial charge < -0.3 is 5.11 Å². The zero-order valence-corrected chi connectivity index (χ0v) is 15.4. The van der Waals surface area contributed by atoms with E-state index in [0.717, 1.165) is 31.5 Å². The summed E-state index contributed by atoms with van der Waals surface area (Å²) in [6.07, 6.45) is 2.05. The van der Waals surface area contributed by atoms with E-state index in [2.05, 4.69) is 4.90 Å². The summed E-state index contributed by atoms with van der Waals surface area (Å²) in [5, 5.41) is 8.99. The molecule has 2 atom stereocenters. The molecule has 1 aromatic rings. The van der Waals surface area contributed by atoms with E-state index in [9.17, 15) is 13.2 Å². The van der Waals surface area contributed by atoms with Crippen molar-refractivity contribution in [2.45, 2.75) is 25.4 Å². The highest BCUT2D eigenvalue weighted by molar-refractivity contribution is 7.86. The summed E-state index contributed by atoms with van der Waals surface area (Å²) < 4.78 is 27.9. The third kappa shape index (κ3) is 3.87. The molecule has 25 heavy (non-hydrogen) atoms. The summed E-state index contributed by atoms with van der Waals surface area (Å²) in [5.74, 6) is -0.586. The number of fused-ring (bicyclic) bond motifs is 4. The Morgan fingerprint density at radius 3 is 2.44 bits per heavy atom. The van der Waals surface area contributed by atoms with Crippen LogP contribution in [0.25, 0.3) is 0 Å².